The third kappa shape index (κ3) is 2.36. The Morgan fingerprint density at radius 1 is 1.50 bits per heavy atom. The molecule has 0 spiro atoms. The molecule has 0 heterocycles. The van der Waals surface area contributed by atoms with E-state index in [-0.39, 0.29) is 11.7 Å². The summed E-state index contributed by atoms with van der Waals surface area (Å²) < 4.78 is 5.40. The highest BCUT2D eigenvalue weighted by Crippen LogP contribution is 2.43. The fourth-order valence-electron chi connectivity index (χ4n) is 1.90. The number of carboxylic acids is 1. The Hall–Kier alpha value is -1.06. The van der Waals surface area contributed by atoms with Crippen molar-refractivity contribution in [2.45, 2.75) is 18.9 Å². The maximum absolute atomic E-state index is 10.9. The van der Waals surface area contributed by atoms with E-state index in [4.69, 9.17) is 21.4 Å². The van der Waals surface area contributed by atoms with E-state index < -0.39 is 5.97 Å². The Morgan fingerprint density at radius 3 is 2.69 bits per heavy atom. The molecular weight excluding hydrogens is 228 g/mol. The number of aromatic carboxylic acids is 1. The topological polar surface area (TPSA) is 46.5 Å². The first-order valence-corrected chi connectivity index (χ1v) is 5.56. The molecule has 0 bridgehead atoms. The predicted molar refractivity (Wildman–Crippen MR) is 60.9 cm³/mol. The van der Waals surface area contributed by atoms with E-state index in [2.05, 4.69) is 0 Å². The molecule has 86 valence electrons. The SMILES string of the molecule is COC(c1cc(Cl)cc(C(=O)O)c1)C1CC1. The maximum atomic E-state index is 10.9. The molecule has 0 saturated heterocycles. The number of benzene rings is 1. The summed E-state index contributed by atoms with van der Waals surface area (Å²) in [4.78, 5) is 10.9. The summed E-state index contributed by atoms with van der Waals surface area (Å²) in [5.74, 6) is -0.459. The van der Waals surface area contributed by atoms with Crippen LogP contribution in [-0.4, -0.2) is 18.2 Å². The van der Waals surface area contributed by atoms with E-state index >= 15 is 0 Å². The van der Waals surface area contributed by atoms with Crippen LogP contribution in [0.1, 0.15) is 34.9 Å². The van der Waals surface area contributed by atoms with E-state index in [1.165, 1.54) is 6.07 Å². The van der Waals surface area contributed by atoms with Crippen molar-refractivity contribution in [2.75, 3.05) is 7.11 Å². The van der Waals surface area contributed by atoms with Gasteiger partial charge in [0.1, 0.15) is 0 Å². The molecular formula is C12H13ClO3. The van der Waals surface area contributed by atoms with Gasteiger partial charge in [-0.25, -0.2) is 4.79 Å². The highest BCUT2D eigenvalue weighted by molar-refractivity contribution is 6.31. The first-order valence-electron chi connectivity index (χ1n) is 5.18. The fourth-order valence-corrected chi connectivity index (χ4v) is 2.14. The van der Waals surface area contributed by atoms with E-state index in [9.17, 15) is 4.79 Å². The summed E-state index contributed by atoms with van der Waals surface area (Å²) in [5, 5.41) is 9.39. The lowest BCUT2D eigenvalue weighted by Gasteiger charge is -2.15. The number of hydrogen-bond acceptors (Lipinski definition) is 2. The Balaban J connectivity index is 2.35. The van der Waals surface area contributed by atoms with Crippen LogP contribution in [-0.2, 0) is 4.74 Å². The largest absolute Gasteiger partial charge is 0.478 e. The van der Waals surface area contributed by atoms with Gasteiger partial charge in [0.25, 0.3) is 0 Å². The molecule has 1 fully saturated rings. The van der Waals surface area contributed by atoms with Gasteiger partial charge in [0.15, 0.2) is 0 Å². The van der Waals surface area contributed by atoms with Crippen molar-refractivity contribution in [2.24, 2.45) is 5.92 Å². The highest BCUT2D eigenvalue weighted by atomic mass is 35.5. The van der Waals surface area contributed by atoms with Crippen LogP contribution in [0, 0.1) is 5.92 Å². The molecule has 0 aliphatic heterocycles. The minimum absolute atomic E-state index is 0.0307. The van der Waals surface area contributed by atoms with Gasteiger partial charge in [-0.05, 0) is 42.5 Å². The third-order valence-electron chi connectivity index (χ3n) is 2.80. The first kappa shape index (κ1) is 11.4. The van der Waals surface area contributed by atoms with Crippen LogP contribution in [0.15, 0.2) is 18.2 Å². The van der Waals surface area contributed by atoms with Gasteiger partial charge in [0.05, 0.1) is 11.7 Å². The Kier molecular flexibility index (Phi) is 3.17. The molecule has 1 N–H and O–H groups in total. The molecule has 0 amide bonds. The Labute approximate surface area is 99.0 Å². The Morgan fingerprint density at radius 2 is 2.19 bits per heavy atom. The average Bonchev–Trinajstić information content (AvgIpc) is 3.02. The van der Waals surface area contributed by atoms with Crippen LogP contribution in [0.25, 0.3) is 0 Å². The number of methoxy groups -OCH3 is 1. The smallest absolute Gasteiger partial charge is 0.335 e. The maximum Gasteiger partial charge on any atom is 0.335 e. The zero-order valence-electron chi connectivity index (χ0n) is 8.94. The standard InChI is InChI=1S/C12H13ClO3/c1-16-11(7-2-3-7)8-4-9(12(14)15)6-10(13)5-8/h4-7,11H,2-3H2,1H3,(H,14,15). The second kappa shape index (κ2) is 4.44. The zero-order chi connectivity index (χ0) is 11.7. The lowest BCUT2D eigenvalue weighted by atomic mass is 10.0. The molecule has 1 aliphatic rings. The van der Waals surface area contributed by atoms with E-state index in [0.29, 0.717) is 10.9 Å². The number of halogens is 1. The lowest BCUT2D eigenvalue weighted by molar-refractivity contribution is 0.0694. The van der Waals surface area contributed by atoms with Crippen molar-refractivity contribution in [1.82, 2.24) is 0 Å². The minimum atomic E-state index is -0.964. The van der Waals surface area contributed by atoms with E-state index in [0.717, 1.165) is 18.4 Å². The van der Waals surface area contributed by atoms with Crippen molar-refractivity contribution in [3.63, 3.8) is 0 Å². The van der Waals surface area contributed by atoms with Crippen molar-refractivity contribution in [3.05, 3.63) is 34.3 Å². The van der Waals surface area contributed by atoms with Gasteiger partial charge in [0, 0.05) is 12.1 Å². The van der Waals surface area contributed by atoms with Crippen LogP contribution in [0.5, 0.6) is 0 Å². The molecule has 16 heavy (non-hydrogen) atoms. The van der Waals surface area contributed by atoms with Gasteiger partial charge >= 0.3 is 5.97 Å². The second-order valence-corrected chi connectivity index (χ2v) is 4.51. The van der Waals surface area contributed by atoms with Crippen LogP contribution in [0.4, 0.5) is 0 Å². The second-order valence-electron chi connectivity index (χ2n) is 4.07. The average molecular weight is 241 g/mol. The van der Waals surface area contributed by atoms with Crippen molar-refractivity contribution in [1.29, 1.82) is 0 Å². The van der Waals surface area contributed by atoms with Crippen LogP contribution < -0.4 is 0 Å². The number of ether oxygens (including phenoxy) is 1. The van der Waals surface area contributed by atoms with Gasteiger partial charge in [-0.15, -0.1) is 0 Å². The molecule has 1 unspecified atom stereocenters. The minimum Gasteiger partial charge on any atom is -0.478 e. The predicted octanol–water partition coefficient (Wildman–Crippen LogP) is 3.14. The summed E-state index contributed by atoms with van der Waals surface area (Å²) in [5.41, 5.74) is 1.07. The molecule has 4 heteroatoms. The van der Waals surface area contributed by atoms with E-state index in [1.54, 1.807) is 19.2 Å². The molecule has 0 radical (unpaired) electrons. The molecule has 2 rings (SSSR count). The summed E-state index contributed by atoms with van der Waals surface area (Å²) in [6.07, 6.45) is 2.23. The molecule has 3 nitrogen and oxygen atoms in total. The molecule has 1 saturated carbocycles. The fraction of sp³-hybridized carbons (Fsp3) is 0.417. The monoisotopic (exact) mass is 240 g/mol. The quantitative estimate of drug-likeness (QED) is 0.880. The van der Waals surface area contributed by atoms with Gasteiger partial charge in [-0.3, -0.25) is 0 Å². The molecule has 1 atom stereocenters. The molecule has 1 aromatic rings. The van der Waals surface area contributed by atoms with E-state index in [1.807, 2.05) is 0 Å². The van der Waals surface area contributed by atoms with Gasteiger partial charge in [-0.1, -0.05) is 11.6 Å². The van der Waals surface area contributed by atoms with Gasteiger partial charge < -0.3 is 9.84 Å². The van der Waals surface area contributed by atoms with Crippen LogP contribution >= 0.6 is 11.6 Å². The van der Waals surface area contributed by atoms with Crippen LogP contribution in [0.3, 0.4) is 0 Å². The normalized spacial score (nSPS) is 17.1. The molecule has 1 aromatic carbocycles. The summed E-state index contributed by atoms with van der Waals surface area (Å²) in [6, 6.07) is 4.87. The summed E-state index contributed by atoms with van der Waals surface area (Å²) >= 11 is 5.90. The number of carbonyl (C=O) groups is 1. The molecule has 0 aromatic heterocycles. The number of carboxylic acid groups (broad SMARTS) is 1. The van der Waals surface area contributed by atoms with Crippen molar-refractivity contribution >= 4 is 17.6 Å². The third-order valence-corrected chi connectivity index (χ3v) is 3.02. The summed E-state index contributed by atoms with van der Waals surface area (Å²) in [6.45, 7) is 0. The zero-order valence-corrected chi connectivity index (χ0v) is 9.70. The number of rotatable bonds is 4. The highest BCUT2D eigenvalue weighted by Gasteiger charge is 2.32. The van der Waals surface area contributed by atoms with Crippen LogP contribution in [0.2, 0.25) is 5.02 Å². The lowest BCUT2D eigenvalue weighted by Crippen LogP contribution is -2.06. The molecule has 1 aliphatic carbocycles. The summed E-state index contributed by atoms with van der Waals surface area (Å²) in [7, 11) is 1.64. The van der Waals surface area contributed by atoms with Crippen molar-refractivity contribution < 1.29 is 14.6 Å². The number of hydrogen-bond donors (Lipinski definition) is 1. The Bertz CT molecular complexity index is 413. The van der Waals surface area contributed by atoms with Gasteiger partial charge in [-0.2, -0.15) is 0 Å². The van der Waals surface area contributed by atoms with Crippen molar-refractivity contribution in [3.8, 4) is 0 Å². The van der Waals surface area contributed by atoms with Gasteiger partial charge in [0.2, 0.25) is 0 Å². The first-order chi connectivity index (χ1) is 7.61.